The Bertz CT molecular complexity index is 574. The maximum Gasteiger partial charge on any atom is 0.270 e. The molecule has 0 saturated carbocycles. The van der Waals surface area contributed by atoms with E-state index < -0.39 is 4.92 Å². The molecule has 0 aliphatic carbocycles. The molecule has 1 aromatic carbocycles. The van der Waals surface area contributed by atoms with Crippen LogP contribution in [0.5, 0.6) is 0 Å². The van der Waals surface area contributed by atoms with Crippen LogP contribution in [0.25, 0.3) is 0 Å². The van der Waals surface area contributed by atoms with E-state index in [2.05, 4.69) is 25.8 Å². The summed E-state index contributed by atoms with van der Waals surface area (Å²) in [6.07, 6.45) is 2.65. The van der Waals surface area contributed by atoms with Crippen molar-refractivity contribution < 1.29 is 4.92 Å². The van der Waals surface area contributed by atoms with Gasteiger partial charge in [0.1, 0.15) is 0 Å². The van der Waals surface area contributed by atoms with Crippen LogP contribution in [0.15, 0.2) is 34.2 Å². The zero-order chi connectivity index (χ0) is 13.8. The highest BCUT2D eigenvalue weighted by Gasteiger charge is 2.12. The molecule has 5 nitrogen and oxygen atoms in total. The van der Waals surface area contributed by atoms with Crippen LogP contribution >= 0.6 is 27.3 Å². The number of non-ortho nitro benzene ring substituents is 1. The molecule has 0 unspecified atom stereocenters. The monoisotopic (exact) mass is 341 g/mol. The van der Waals surface area contributed by atoms with Gasteiger partial charge in [0, 0.05) is 48.2 Å². The van der Waals surface area contributed by atoms with Crippen molar-refractivity contribution in [2.24, 2.45) is 0 Å². The van der Waals surface area contributed by atoms with Crippen molar-refractivity contribution in [2.45, 2.75) is 6.42 Å². The lowest BCUT2D eigenvalue weighted by molar-refractivity contribution is -0.384. The van der Waals surface area contributed by atoms with Crippen molar-refractivity contribution in [1.82, 2.24) is 4.98 Å². The Morgan fingerprint density at radius 3 is 2.89 bits per heavy atom. The molecule has 100 valence electrons. The van der Waals surface area contributed by atoms with E-state index >= 15 is 0 Å². The Balaban J connectivity index is 2.06. The molecule has 0 aliphatic rings. The highest BCUT2D eigenvalue weighted by Crippen LogP contribution is 2.29. The van der Waals surface area contributed by atoms with Crippen molar-refractivity contribution in [3.05, 3.63) is 49.4 Å². The molecular formula is C12H12BrN3O2S. The number of nitro groups is 1. The Morgan fingerprint density at radius 1 is 1.53 bits per heavy atom. The van der Waals surface area contributed by atoms with Crippen LogP contribution in [-0.2, 0) is 6.42 Å². The van der Waals surface area contributed by atoms with Crippen LogP contribution in [0.4, 0.5) is 11.4 Å². The van der Waals surface area contributed by atoms with Gasteiger partial charge >= 0.3 is 0 Å². The highest BCUT2D eigenvalue weighted by molar-refractivity contribution is 9.10. The van der Waals surface area contributed by atoms with E-state index in [1.807, 2.05) is 12.4 Å². The number of nitro benzene ring substituents is 1. The molecule has 1 heterocycles. The molecule has 19 heavy (non-hydrogen) atoms. The first-order chi connectivity index (χ1) is 9.08. The number of anilines is 1. The quantitative estimate of drug-likeness (QED) is 0.616. The van der Waals surface area contributed by atoms with Crippen LogP contribution in [0.2, 0.25) is 0 Å². The number of benzene rings is 1. The largest absolute Gasteiger partial charge is 0.373 e. The molecule has 7 heteroatoms. The van der Waals surface area contributed by atoms with Crippen LogP contribution in [0.3, 0.4) is 0 Å². The SMILES string of the molecule is CN(CCc1nccs1)c1ccc([N+](=O)[O-])cc1Br. The molecule has 1 aromatic heterocycles. The minimum absolute atomic E-state index is 0.0870. The first-order valence-electron chi connectivity index (χ1n) is 5.61. The van der Waals surface area contributed by atoms with Gasteiger partial charge in [0.25, 0.3) is 5.69 Å². The van der Waals surface area contributed by atoms with E-state index in [4.69, 9.17) is 0 Å². The van der Waals surface area contributed by atoms with Gasteiger partial charge in [-0.15, -0.1) is 11.3 Å². The molecule has 0 aliphatic heterocycles. The smallest absolute Gasteiger partial charge is 0.270 e. The fraction of sp³-hybridized carbons (Fsp3) is 0.250. The lowest BCUT2D eigenvalue weighted by Gasteiger charge is -2.19. The summed E-state index contributed by atoms with van der Waals surface area (Å²) < 4.78 is 0.725. The van der Waals surface area contributed by atoms with E-state index in [0.29, 0.717) is 0 Å². The number of thiazole rings is 1. The second-order valence-electron chi connectivity index (χ2n) is 3.99. The maximum atomic E-state index is 10.7. The molecular weight excluding hydrogens is 330 g/mol. The van der Waals surface area contributed by atoms with E-state index in [0.717, 1.165) is 28.1 Å². The Morgan fingerprint density at radius 2 is 2.32 bits per heavy atom. The van der Waals surface area contributed by atoms with Crippen molar-refractivity contribution in [3.8, 4) is 0 Å². The number of rotatable bonds is 5. The molecule has 0 bridgehead atoms. The third-order valence-electron chi connectivity index (χ3n) is 2.70. The summed E-state index contributed by atoms with van der Waals surface area (Å²) in [5, 5.41) is 13.7. The fourth-order valence-electron chi connectivity index (χ4n) is 1.68. The van der Waals surface area contributed by atoms with Gasteiger partial charge in [-0.1, -0.05) is 0 Å². The van der Waals surface area contributed by atoms with Gasteiger partial charge in [-0.3, -0.25) is 10.1 Å². The molecule has 2 rings (SSSR count). The second-order valence-corrected chi connectivity index (χ2v) is 5.82. The average Bonchev–Trinajstić information content (AvgIpc) is 2.88. The summed E-state index contributed by atoms with van der Waals surface area (Å²) >= 11 is 5.01. The molecule has 2 aromatic rings. The summed E-state index contributed by atoms with van der Waals surface area (Å²) in [5.41, 5.74) is 1.02. The zero-order valence-corrected chi connectivity index (χ0v) is 12.6. The van der Waals surface area contributed by atoms with Crippen molar-refractivity contribution >= 4 is 38.6 Å². The van der Waals surface area contributed by atoms with Crippen LogP contribution in [-0.4, -0.2) is 23.5 Å². The van der Waals surface area contributed by atoms with E-state index in [1.165, 1.54) is 12.1 Å². The molecule has 0 radical (unpaired) electrons. The third-order valence-corrected chi connectivity index (χ3v) is 4.17. The van der Waals surface area contributed by atoms with Gasteiger partial charge in [0.15, 0.2) is 0 Å². The lowest BCUT2D eigenvalue weighted by atomic mass is 10.2. The minimum Gasteiger partial charge on any atom is -0.373 e. The van der Waals surface area contributed by atoms with E-state index in [1.54, 1.807) is 23.6 Å². The lowest BCUT2D eigenvalue weighted by Crippen LogP contribution is -2.20. The van der Waals surface area contributed by atoms with Gasteiger partial charge in [0.05, 0.1) is 15.6 Å². The van der Waals surface area contributed by atoms with Crippen molar-refractivity contribution in [1.29, 1.82) is 0 Å². The number of nitrogens with zero attached hydrogens (tertiary/aromatic N) is 3. The first kappa shape index (κ1) is 14.0. The highest BCUT2D eigenvalue weighted by atomic mass is 79.9. The Kier molecular flexibility index (Phi) is 4.49. The fourth-order valence-corrected chi connectivity index (χ4v) is 2.96. The van der Waals surface area contributed by atoms with E-state index in [-0.39, 0.29) is 5.69 Å². The molecule has 0 spiro atoms. The number of hydrogen-bond donors (Lipinski definition) is 0. The van der Waals surface area contributed by atoms with Gasteiger partial charge in [-0.05, 0) is 22.0 Å². The zero-order valence-electron chi connectivity index (χ0n) is 10.2. The summed E-state index contributed by atoms with van der Waals surface area (Å²) in [6.45, 7) is 0.809. The summed E-state index contributed by atoms with van der Waals surface area (Å²) in [7, 11) is 1.96. The van der Waals surface area contributed by atoms with Gasteiger partial charge < -0.3 is 4.90 Å². The van der Waals surface area contributed by atoms with E-state index in [9.17, 15) is 10.1 Å². The summed E-state index contributed by atoms with van der Waals surface area (Å²) in [6, 6.07) is 4.79. The number of aromatic nitrogens is 1. The minimum atomic E-state index is -0.399. The number of hydrogen-bond acceptors (Lipinski definition) is 5. The molecule has 0 amide bonds. The third kappa shape index (κ3) is 3.51. The maximum absolute atomic E-state index is 10.7. The standard InChI is InChI=1S/C12H12BrN3O2S/c1-15(6-4-12-14-5-7-19-12)11-3-2-9(16(17)18)8-10(11)13/h2-3,5,7-8H,4,6H2,1H3. The van der Waals surface area contributed by atoms with Crippen LogP contribution < -0.4 is 4.90 Å². The Labute approximate surface area is 123 Å². The molecule has 0 saturated heterocycles. The summed E-state index contributed by atoms with van der Waals surface area (Å²) in [5.74, 6) is 0. The van der Waals surface area contributed by atoms with Crippen molar-refractivity contribution in [3.63, 3.8) is 0 Å². The van der Waals surface area contributed by atoms with Gasteiger partial charge in [0.2, 0.25) is 0 Å². The van der Waals surface area contributed by atoms with Crippen LogP contribution in [0.1, 0.15) is 5.01 Å². The van der Waals surface area contributed by atoms with Crippen molar-refractivity contribution in [2.75, 3.05) is 18.5 Å². The summed E-state index contributed by atoms with van der Waals surface area (Å²) in [4.78, 5) is 16.6. The predicted octanol–water partition coefficient (Wildman–Crippen LogP) is 3.49. The van der Waals surface area contributed by atoms with Crippen LogP contribution in [0, 0.1) is 10.1 Å². The Hall–Kier alpha value is -1.47. The first-order valence-corrected chi connectivity index (χ1v) is 7.28. The average molecular weight is 342 g/mol. The van der Waals surface area contributed by atoms with Gasteiger partial charge in [-0.25, -0.2) is 4.98 Å². The molecule has 0 fully saturated rings. The predicted molar refractivity (Wildman–Crippen MR) is 79.9 cm³/mol. The second kappa shape index (κ2) is 6.12. The topological polar surface area (TPSA) is 59.3 Å². The normalized spacial score (nSPS) is 10.4. The van der Waals surface area contributed by atoms with Gasteiger partial charge in [-0.2, -0.15) is 0 Å². The number of halogens is 1. The number of likely N-dealkylation sites (N-methyl/N-ethyl adjacent to an activating group) is 1. The molecule has 0 N–H and O–H groups in total. The molecule has 0 atom stereocenters.